The molecule has 0 aromatic heterocycles. The molecule has 16 heavy (non-hydrogen) atoms. The van der Waals surface area contributed by atoms with E-state index in [1.807, 2.05) is 13.1 Å². The summed E-state index contributed by atoms with van der Waals surface area (Å²) >= 11 is 3.51. The number of ether oxygens (including phenoxy) is 1. The SMILES string of the molecule is CCCC(Cc1ccc(OC)c(Br)c1)NC. The van der Waals surface area contributed by atoms with Crippen molar-refractivity contribution in [1.82, 2.24) is 5.32 Å². The summed E-state index contributed by atoms with van der Waals surface area (Å²) < 4.78 is 6.24. The second kappa shape index (κ2) is 6.92. The quantitative estimate of drug-likeness (QED) is 0.865. The maximum atomic E-state index is 5.22. The minimum Gasteiger partial charge on any atom is -0.496 e. The summed E-state index contributed by atoms with van der Waals surface area (Å²) in [5.41, 5.74) is 1.33. The molecule has 0 fully saturated rings. The Morgan fingerprint density at radius 2 is 2.19 bits per heavy atom. The lowest BCUT2D eigenvalue weighted by molar-refractivity contribution is 0.411. The number of nitrogens with one attached hydrogen (secondary N) is 1. The molecule has 0 aliphatic carbocycles. The van der Waals surface area contributed by atoms with Gasteiger partial charge in [0.05, 0.1) is 11.6 Å². The first-order valence-electron chi connectivity index (χ1n) is 5.71. The molecule has 0 aliphatic rings. The van der Waals surface area contributed by atoms with E-state index in [1.165, 1.54) is 18.4 Å². The van der Waals surface area contributed by atoms with Crippen molar-refractivity contribution >= 4 is 15.9 Å². The van der Waals surface area contributed by atoms with Crippen LogP contribution >= 0.6 is 15.9 Å². The molecule has 1 aromatic rings. The van der Waals surface area contributed by atoms with Crippen molar-refractivity contribution in [3.8, 4) is 5.75 Å². The second-order valence-corrected chi connectivity index (χ2v) is 4.80. The minimum absolute atomic E-state index is 0.560. The van der Waals surface area contributed by atoms with Crippen LogP contribution in [0.4, 0.5) is 0 Å². The summed E-state index contributed by atoms with van der Waals surface area (Å²) in [6.07, 6.45) is 3.48. The first-order valence-corrected chi connectivity index (χ1v) is 6.50. The monoisotopic (exact) mass is 285 g/mol. The molecule has 0 aliphatic heterocycles. The van der Waals surface area contributed by atoms with Crippen LogP contribution in [-0.4, -0.2) is 20.2 Å². The Morgan fingerprint density at radius 3 is 2.69 bits per heavy atom. The van der Waals surface area contributed by atoms with Gasteiger partial charge in [-0.15, -0.1) is 0 Å². The molecule has 2 nitrogen and oxygen atoms in total. The summed E-state index contributed by atoms with van der Waals surface area (Å²) in [4.78, 5) is 0. The van der Waals surface area contributed by atoms with E-state index in [0.717, 1.165) is 16.6 Å². The lowest BCUT2D eigenvalue weighted by Gasteiger charge is -2.15. The molecule has 0 bridgehead atoms. The number of methoxy groups -OCH3 is 1. The average Bonchev–Trinajstić information content (AvgIpc) is 2.28. The Balaban J connectivity index is 2.69. The summed E-state index contributed by atoms with van der Waals surface area (Å²) in [6.45, 7) is 2.22. The molecule has 1 unspecified atom stereocenters. The minimum atomic E-state index is 0.560. The highest BCUT2D eigenvalue weighted by Crippen LogP contribution is 2.26. The van der Waals surface area contributed by atoms with E-state index in [2.05, 4.69) is 40.3 Å². The third-order valence-corrected chi connectivity index (χ3v) is 3.36. The number of hydrogen-bond donors (Lipinski definition) is 1. The average molecular weight is 286 g/mol. The summed E-state index contributed by atoms with van der Waals surface area (Å²) in [6, 6.07) is 6.84. The van der Waals surface area contributed by atoms with Gasteiger partial charge in [-0.1, -0.05) is 19.4 Å². The van der Waals surface area contributed by atoms with Crippen LogP contribution in [0.25, 0.3) is 0 Å². The van der Waals surface area contributed by atoms with E-state index in [-0.39, 0.29) is 0 Å². The lowest BCUT2D eigenvalue weighted by atomic mass is 10.0. The van der Waals surface area contributed by atoms with Crippen molar-refractivity contribution < 1.29 is 4.74 Å². The van der Waals surface area contributed by atoms with Crippen LogP contribution in [0.3, 0.4) is 0 Å². The van der Waals surface area contributed by atoms with E-state index >= 15 is 0 Å². The van der Waals surface area contributed by atoms with Gasteiger partial charge in [0.2, 0.25) is 0 Å². The van der Waals surface area contributed by atoms with Crippen LogP contribution in [0.1, 0.15) is 25.3 Å². The van der Waals surface area contributed by atoms with E-state index < -0.39 is 0 Å². The summed E-state index contributed by atoms with van der Waals surface area (Å²) in [5.74, 6) is 0.889. The third-order valence-electron chi connectivity index (χ3n) is 2.74. The number of rotatable bonds is 6. The molecule has 1 rings (SSSR count). The predicted molar refractivity (Wildman–Crippen MR) is 72.2 cm³/mol. The van der Waals surface area contributed by atoms with Gasteiger partial charge in [0.25, 0.3) is 0 Å². The predicted octanol–water partition coefficient (Wildman–Crippen LogP) is 3.39. The zero-order chi connectivity index (χ0) is 12.0. The number of likely N-dealkylation sites (N-methyl/N-ethyl adjacent to an activating group) is 1. The van der Waals surface area contributed by atoms with Gasteiger partial charge in [0.1, 0.15) is 5.75 Å². The maximum absolute atomic E-state index is 5.22. The van der Waals surface area contributed by atoms with Crippen molar-refractivity contribution in [2.75, 3.05) is 14.2 Å². The van der Waals surface area contributed by atoms with E-state index in [9.17, 15) is 0 Å². The molecule has 0 spiro atoms. The van der Waals surface area contributed by atoms with Crippen LogP contribution < -0.4 is 10.1 Å². The molecular formula is C13H20BrNO. The van der Waals surface area contributed by atoms with Gasteiger partial charge in [-0.05, 0) is 53.5 Å². The van der Waals surface area contributed by atoms with Crippen molar-refractivity contribution in [3.05, 3.63) is 28.2 Å². The third kappa shape index (κ3) is 3.80. The highest BCUT2D eigenvalue weighted by molar-refractivity contribution is 9.10. The van der Waals surface area contributed by atoms with Crippen LogP contribution in [0.2, 0.25) is 0 Å². The Hall–Kier alpha value is -0.540. The smallest absolute Gasteiger partial charge is 0.133 e. The second-order valence-electron chi connectivity index (χ2n) is 3.95. The first kappa shape index (κ1) is 13.5. The zero-order valence-electron chi connectivity index (χ0n) is 10.2. The largest absolute Gasteiger partial charge is 0.496 e. The fourth-order valence-electron chi connectivity index (χ4n) is 1.82. The van der Waals surface area contributed by atoms with Crippen molar-refractivity contribution in [1.29, 1.82) is 0 Å². The van der Waals surface area contributed by atoms with E-state index in [4.69, 9.17) is 4.74 Å². The van der Waals surface area contributed by atoms with Crippen LogP contribution in [-0.2, 0) is 6.42 Å². The molecule has 90 valence electrons. The molecule has 0 saturated carbocycles. The molecule has 1 aromatic carbocycles. The van der Waals surface area contributed by atoms with Gasteiger partial charge >= 0.3 is 0 Å². The van der Waals surface area contributed by atoms with Gasteiger partial charge in [-0.3, -0.25) is 0 Å². The van der Waals surface area contributed by atoms with Gasteiger partial charge in [0, 0.05) is 6.04 Å². The molecule has 0 heterocycles. The standard InChI is InChI=1S/C13H20BrNO/c1-4-5-11(15-2)8-10-6-7-13(16-3)12(14)9-10/h6-7,9,11,15H,4-5,8H2,1-3H3. The molecule has 1 atom stereocenters. The molecule has 1 N–H and O–H groups in total. The maximum Gasteiger partial charge on any atom is 0.133 e. The summed E-state index contributed by atoms with van der Waals surface area (Å²) in [7, 11) is 3.71. The highest BCUT2D eigenvalue weighted by Gasteiger charge is 2.07. The zero-order valence-corrected chi connectivity index (χ0v) is 11.8. The lowest BCUT2D eigenvalue weighted by Crippen LogP contribution is -2.27. The molecular weight excluding hydrogens is 266 g/mol. The Kier molecular flexibility index (Phi) is 5.85. The first-order chi connectivity index (χ1) is 7.71. The fourth-order valence-corrected chi connectivity index (χ4v) is 2.41. The number of benzene rings is 1. The Bertz CT molecular complexity index is 328. The molecule has 0 saturated heterocycles. The summed E-state index contributed by atoms with van der Waals surface area (Å²) in [5, 5.41) is 3.35. The molecule has 0 radical (unpaired) electrons. The van der Waals surface area contributed by atoms with Gasteiger partial charge in [0.15, 0.2) is 0 Å². The van der Waals surface area contributed by atoms with Crippen molar-refractivity contribution in [3.63, 3.8) is 0 Å². The van der Waals surface area contributed by atoms with Crippen LogP contribution in [0.5, 0.6) is 5.75 Å². The molecule has 3 heteroatoms. The van der Waals surface area contributed by atoms with E-state index in [1.54, 1.807) is 7.11 Å². The topological polar surface area (TPSA) is 21.3 Å². The molecule has 0 amide bonds. The van der Waals surface area contributed by atoms with Crippen molar-refractivity contribution in [2.24, 2.45) is 0 Å². The number of hydrogen-bond acceptors (Lipinski definition) is 2. The van der Waals surface area contributed by atoms with Crippen LogP contribution in [0, 0.1) is 0 Å². The Labute approximate surface area is 107 Å². The van der Waals surface area contributed by atoms with Gasteiger partial charge in [-0.2, -0.15) is 0 Å². The fraction of sp³-hybridized carbons (Fsp3) is 0.538. The number of halogens is 1. The highest BCUT2D eigenvalue weighted by atomic mass is 79.9. The van der Waals surface area contributed by atoms with Gasteiger partial charge in [-0.25, -0.2) is 0 Å². The van der Waals surface area contributed by atoms with Gasteiger partial charge < -0.3 is 10.1 Å². The Morgan fingerprint density at radius 1 is 1.44 bits per heavy atom. The van der Waals surface area contributed by atoms with Crippen LogP contribution in [0.15, 0.2) is 22.7 Å². The van der Waals surface area contributed by atoms with Crippen molar-refractivity contribution in [2.45, 2.75) is 32.2 Å². The van der Waals surface area contributed by atoms with E-state index in [0.29, 0.717) is 6.04 Å². The normalized spacial score (nSPS) is 12.5.